The van der Waals surface area contributed by atoms with Gasteiger partial charge in [0.1, 0.15) is 5.75 Å². The second-order valence-corrected chi connectivity index (χ2v) is 5.71. The van der Waals surface area contributed by atoms with Crippen molar-refractivity contribution in [2.24, 2.45) is 0 Å². The predicted molar refractivity (Wildman–Crippen MR) is 79.9 cm³/mol. The van der Waals surface area contributed by atoms with Crippen LogP contribution >= 0.6 is 11.8 Å². The third-order valence-electron chi connectivity index (χ3n) is 2.79. The van der Waals surface area contributed by atoms with E-state index in [2.05, 4.69) is 5.32 Å². The summed E-state index contributed by atoms with van der Waals surface area (Å²) in [7, 11) is 5.36. The lowest BCUT2D eigenvalue weighted by molar-refractivity contribution is -0.128. The van der Waals surface area contributed by atoms with Crippen molar-refractivity contribution in [3.8, 4) is 5.75 Å². The number of likely N-dealkylation sites (N-methyl/N-ethyl adjacent to an activating group) is 2. The Bertz CT molecular complexity index is 395. The highest BCUT2D eigenvalue weighted by Crippen LogP contribution is 2.26. The summed E-state index contributed by atoms with van der Waals surface area (Å²) in [6.07, 6.45) is 0. The smallest absolute Gasteiger partial charge is 0.235 e. The molecule has 1 aromatic carbocycles. The number of ether oxygens (including phenoxy) is 1. The number of carbonyl (C=O) groups is 1. The molecule has 5 heteroatoms. The molecule has 1 unspecified atom stereocenters. The van der Waals surface area contributed by atoms with E-state index in [1.165, 1.54) is 0 Å². The van der Waals surface area contributed by atoms with E-state index in [9.17, 15) is 4.79 Å². The van der Waals surface area contributed by atoms with E-state index in [-0.39, 0.29) is 11.2 Å². The average Bonchev–Trinajstić information content (AvgIpc) is 2.44. The van der Waals surface area contributed by atoms with Gasteiger partial charge in [-0.1, -0.05) is 0 Å². The maximum atomic E-state index is 12.1. The van der Waals surface area contributed by atoms with Crippen LogP contribution in [0.1, 0.15) is 6.92 Å². The Balaban J connectivity index is 2.52. The van der Waals surface area contributed by atoms with Crippen molar-refractivity contribution in [2.75, 3.05) is 34.3 Å². The van der Waals surface area contributed by atoms with E-state index >= 15 is 0 Å². The zero-order valence-electron chi connectivity index (χ0n) is 12.0. The van der Waals surface area contributed by atoms with Gasteiger partial charge in [0.2, 0.25) is 5.91 Å². The molecule has 1 N–H and O–H groups in total. The fraction of sp³-hybridized carbons (Fsp3) is 0.500. The molecule has 0 aliphatic rings. The first-order valence-electron chi connectivity index (χ1n) is 6.28. The molecule has 0 radical (unpaired) electrons. The van der Waals surface area contributed by atoms with Gasteiger partial charge in [-0.3, -0.25) is 4.79 Å². The first-order valence-corrected chi connectivity index (χ1v) is 7.16. The van der Waals surface area contributed by atoms with Crippen molar-refractivity contribution in [1.29, 1.82) is 0 Å². The number of hydrogen-bond donors (Lipinski definition) is 1. The second kappa shape index (κ2) is 8.07. The number of hydrogen-bond acceptors (Lipinski definition) is 4. The van der Waals surface area contributed by atoms with Crippen molar-refractivity contribution < 1.29 is 9.53 Å². The van der Waals surface area contributed by atoms with E-state index < -0.39 is 0 Å². The maximum absolute atomic E-state index is 12.1. The van der Waals surface area contributed by atoms with Crippen LogP contribution in [0.4, 0.5) is 0 Å². The maximum Gasteiger partial charge on any atom is 0.235 e. The van der Waals surface area contributed by atoms with Gasteiger partial charge in [-0.2, -0.15) is 0 Å². The van der Waals surface area contributed by atoms with Gasteiger partial charge in [-0.15, -0.1) is 11.8 Å². The van der Waals surface area contributed by atoms with E-state index in [0.29, 0.717) is 0 Å². The molecule has 0 spiro atoms. The van der Waals surface area contributed by atoms with Crippen LogP contribution in [0.2, 0.25) is 0 Å². The number of carbonyl (C=O) groups excluding carboxylic acids is 1. The molecule has 0 saturated heterocycles. The number of nitrogens with zero attached hydrogens (tertiary/aromatic N) is 1. The minimum atomic E-state index is -0.0877. The molecule has 1 amide bonds. The fourth-order valence-corrected chi connectivity index (χ4v) is 2.59. The summed E-state index contributed by atoms with van der Waals surface area (Å²) in [5, 5.41) is 2.95. The van der Waals surface area contributed by atoms with Gasteiger partial charge in [0.25, 0.3) is 0 Å². The van der Waals surface area contributed by atoms with Crippen LogP contribution in [0.3, 0.4) is 0 Å². The third kappa shape index (κ3) is 5.12. The van der Waals surface area contributed by atoms with Crippen molar-refractivity contribution in [3.63, 3.8) is 0 Å². The summed E-state index contributed by atoms with van der Waals surface area (Å²) >= 11 is 1.57. The Morgan fingerprint density at radius 3 is 2.58 bits per heavy atom. The second-order valence-electron chi connectivity index (χ2n) is 4.30. The molecule has 0 heterocycles. The average molecular weight is 282 g/mol. The zero-order valence-corrected chi connectivity index (χ0v) is 12.8. The molecule has 0 saturated carbocycles. The number of amides is 1. The lowest BCUT2D eigenvalue weighted by Gasteiger charge is -2.21. The summed E-state index contributed by atoms with van der Waals surface area (Å²) in [4.78, 5) is 15.0. The van der Waals surface area contributed by atoms with Crippen LogP contribution < -0.4 is 10.1 Å². The molecule has 0 fully saturated rings. The molecular weight excluding hydrogens is 260 g/mol. The molecule has 0 aliphatic carbocycles. The largest absolute Gasteiger partial charge is 0.497 e. The highest BCUT2D eigenvalue weighted by Gasteiger charge is 2.18. The van der Waals surface area contributed by atoms with Gasteiger partial charge in [0.05, 0.1) is 12.4 Å². The Labute approximate surface area is 119 Å². The van der Waals surface area contributed by atoms with E-state index in [4.69, 9.17) is 4.74 Å². The van der Waals surface area contributed by atoms with Crippen molar-refractivity contribution in [2.45, 2.75) is 17.1 Å². The minimum absolute atomic E-state index is 0.0877. The first kappa shape index (κ1) is 15.9. The van der Waals surface area contributed by atoms with Gasteiger partial charge in [0, 0.05) is 25.0 Å². The fourth-order valence-electron chi connectivity index (χ4n) is 1.61. The van der Waals surface area contributed by atoms with Gasteiger partial charge >= 0.3 is 0 Å². The number of rotatable bonds is 7. The molecule has 4 nitrogen and oxygen atoms in total. The van der Waals surface area contributed by atoms with E-state index in [0.717, 1.165) is 23.7 Å². The summed E-state index contributed by atoms with van der Waals surface area (Å²) in [5.74, 6) is 0.977. The zero-order chi connectivity index (χ0) is 14.3. The van der Waals surface area contributed by atoms with Gasteiger partial charge in [-0.05, 0) is 38.2 Å². The number of nitrogens with one attached hydrogen (secondary N) is 1. The summed E-state index contributed by atoms with van der Waals surface area (Å²) in [5.41, 5.74) is 0. The van der Waals surface area contributed by atoms with Gasteiger partial charge < -0.3 is 15.0 Å². The summed E-state index contributed by atoms with van der Waals surface area (Å²) < 4.78 is 5.11. The van der Waals surface area contributed by atoms with Crippen LogP contribution in [0, 0.1) is 0 Å². The van der Waals surface area contributed by atoms with Crippen molar-refractivity contribution in [1.82, 2.24) is 10.2 Å². The normalized spacial score (nSPS) is 12.0. The third-order valence-corrected chi connectivity index (χ3v) is 3.89. The molecular formula is C14H22N2O2S. The quantitative estimate of drug-likeness (QED) is 0.775. The molecule has 1 aromatic rings. The number of methoxy groups -OCH3 is 1. The summed E-state index contributed by atoms with van der Waals surface area (Å²) in [6.45, 7) is 3.47. The SMILES string of the molecule is CNCCN(C)C(=O)C(C)Sc1ccc(OC)cc1. The van der Waals surface area contributed by atoms with E-state index in [1.54, 1.807) is 23.8 Å². The number of benzene rings is 1. The minimum Gasteiger partial charge on any atom is -0.497 e. The lowest BCUT2D eigenvalue weighted by atomic mass is 10.3. The number of thioether (sulfide) groups is 1. The topological polar surface area (TPSA) is 41.6 Å². The molecule has 0 bridgehead atoms. The summed E-state index contributed by atoms with van der Waals surface area (Å²) in [6, 6.07) is 7.76. The van der Waals surface area contributed by atoms with Crippen molar-refractivity contribution >= 4 is 17.7 Å². The monoisotopic (exact) mass is 282 g/mol. The van der Waals surface area contributed by atoms with Crippen LogP contribution in [0.5, 0.6) is 5.75 Å². The molecule has 0 aromatic heterocycles. The standard InChI is InChI=1S/C14H22N2O2S/c1-11(14(17)16(3)10-9-15-2)19-13-7-5-12(18-4)6-8-13/h5-8,11,15H,9-10H2,1-4H3. The molecule has 1 atom stereocenters. The van der Waals surface area contributed by atoms with Gasteiger partial charge in [0.15, 0.2) is 0 Å². The van der Waals surface area contributed by atoms with Crippen LogP contribution in [-0.4, -0.2) is 50.4 Å². The van der Waals surface area contributed by atoms with E-state index in [1.807, 2.05) is 45.3 Å². The molecule has 19 heavy (non-hydrogen) atoms. The Kier molecular flexibility index (Phi) is 6.73. The Hall–Kier alpha value is -1.20. The van der Waals surface area contributed by atoms with Crippen molar-refractivity contribution in [3.05, 3.63) is 24.3 Å². The predicted octanol–water partition coefficient (Wildman–Crippen LogP) is 1.85. The Morgan fingerprint density at radius 1 is 1.42 bits per heavy atom. The van der Waals surface area contributed by atoms with Crippen LogP contribution in [-0.2, 0) is 4.79 Å². The van der Waals surface area contributed by atoms with Crippen LogP contribution in [0.15, 0.2) is 29.2 Å². The molecule has 106 valence electrons. The molecule has 0 aliphatic heterocycles. The van der Waals surface area contributed by atoms with Gasteiger partial charge in [-0.25, -0.2) is 0 Å². The Morgan fingerprint density at radius 2 is 2.05 bits per heavy atom. The molecule has 1 rings (SSSR count). The van der Waals surface area contributed by atoms with Crippen LogP contribution in [0.25, 0.3) is 0 Å². The highest BCUT2D eigenvalue weighted by atomic mass is 32.2. The highest BCUT2D eigenvalue weighted by molar-refractivity contribution is 8.00. The first-order chi connectivity index (χ1) is 9.08. The lowest BCUT2D eigenvalue weighted by Crippen LogP contribution is -2.37.